The van der Waals surface area contributed by atoms with E-state index < -0.39 is 46.9 Å². The summed E-state index contributed by atoms with van der Waals surface area (Å²) in [6, 6.07) is 32.8. The Balaban J connectivity index is 0.000000142. The average molecular weight is 1870 g/mol. The van der Waals surface area contributed by atoms with Gasteiger partial charge in [-0.3, -0.25) is 52.4 Å². The Hall–Kier alpha value is -16.2. The Bertz CT molecular complexity index is 7720. The Morgan fingerprint density at radius 1 is 0.432 bits per heavy atom. The van der Waals surface area contributed by atoms with E-state index in [0.717, 1.165) is 35.7 Å². The van der Waals surface area contributed by atoms with Gasteiger partial charge in [-0.2, -0.15) is 21.0 Å². The standard InChI is InChI=1S/C23H18Cl2N8O.C22H20ClN9O.C22H19ClN8O.C21H15ClF2N8O/c1-11-29-20(27)17(25)21(30-11)31-18(12-4-5-12)22-32-19-15(24)7-6-13(9-26)16(19)23(34)33(22)14-3-2-8-28-10-14;1-3-15(30-20-13(9-24)19(26)28-11(2)29-20)21-31-16-6-4-5-14(23)18(16)22(33)32(21)12-7-8-17(25)27-10-12;1-3-16(29-20-14(10-24)19(25)27-12(2)28-20)21-30-17-8-4-7-15(23)18(17)22(32)31(21)13-6-5-9-26-11-13;1-9(28-19-13(6-25)18(26)29-10(2)30-19)20-31-17-15(24)4-3-14(22)16(17)21(33)32(20)12-5-11(23)7-27-8-12/h2-3,6-8,10,12,18H,4-5H2,1H3,(H3,27,29,30,31);4-8,10,15H,3H2,1-2H3,(H2,25,27)(H3,26,28,29,30);4-9,11,16H,3H2,1-2H3,(H3,25,27,28,29);3-5,7-9H,1-2H3,(H3,26,28,29,30)/t18-;15-;16-;9-/m0000/s1. The lowest BCUT2D eigenvalue weighted by atomic mass is 10.1. The molecule has 4 aromatic carbocycles. The van der Waals surface area contributed by atoms with Gasteiger partial charge in [0.2, 0.25) is 0 Å². The molecule has 1 aliphatic carbocycles. The molecule has 662 valence electrons. The Kier molecular flexibility index (Phi) is 27.3. The van der Waals surface area contributed by atoms with E-state index in [9.17, 15) is 49.0 Å². The molecule has 12 heterocycles. The first-order valence-corrected chi connectivity index (χ1v) is 41.9. The van der Waals surface area contributed by atoms with E-state index >= 15 is 0 Å². The highest BCUT2D eigenvalue weighted by Gasteiger charge is 2.38. The van der Waals surface area contributed by atoms with Gasteiger partial charge in [-0.15, -0.1) is 0 Å². The number of benzene rings is 4. The Labute approximate surface area is 771 Å². The third-order valence-electron chi connectivity index (χ3n) is 20.5. The molecule has 12 aromatic heterocycles. The molecule has 16 aromatic rings. The van der Waals surface area contributed by atoms with Crippen molar-refractivity contribution >= 4 is 154 Å². The lowest BCUT2D eigenvalue weighted by molar-refractivity contribution is 0.608. The number of aryl methyl sites for hydroxylation is 4. The fraction of sp³-hybridized carbons (Fsp3) is 0.182. The molecule has 0 saturated heterocycles. The van der Waals surface area contributed by atoms with Crippen molar-refractivity contribution in [1.82, 2.24) is 98.0 Å². The summed E-state index contributed by atoms with van der Waals surface area (Å²) in [4.78, 5) is 123. The Morgan fingerprint density at radius 3 is 1.35 bits per heavy atom. The number of nitrogens with two attached hydrogens (primary N) is 5. The van der Waals surface area contributed by atoms with Gasteiger partial charge in [0.1, 0.15) is 139 Å². The SMILES string of the molecule is CC[C@H](Nc1nc(C)nc(N)c1C#N)c1nc2cccc(Cl)c2c(=O)n1-c1ccc(N)nc1.CC[C@H](Nc1nc(C)nc(N)c1C#N)c1nc2cccc(Cl)c2c(=O)n1-c1cccnc1.Cc1nc(N)c(C#N)c(N[C@@H](C)c2nc3c(F)ccc(Cl)c3c(=O)n2-c2cncc(F)c2)n1.Cc1nc(N)c(Cl)c(N[C@H](c2nc3c(Cl)ccc(C#N)c3c(=O)n2-c2cccnc2)C2CC2)n1. The van der Waals surface area contributed by atoms with Crippen molar-refractivity contribution < 1.29 is 8.78 Å². The fourth-order valence-electron chi connectivity index (χ4n) is 14.4. The average Bonchev–Trinajstić information content (AvgIpc) is 1.25. The summed E-state index contributed by atoms with van der Waals surface area (Å²) < 4.78 is 34.0. The van der Waals surface area contributed by atoms with E-state index in [2.05, 4.69) is 92.1 Å². The van der Waals surface area contributed by atoms with Gasteiger partial charge in [-0.05, 0) is 151 Å². The smallest absolute Gasteiger partial charge is 0.267 e. The van der Waals surface area contributed by atoms with Crippen molar-refractivity contribution in [3.05, 3.63) is 294 Å². The lowest BCUT2D eigenvalue weighted by Gasteiger charge is -2.24. The second-order valence-electron chi connectivity index (χ2n) is 29.4. The number of nitrogens with zero attached hydrogens (tertiary/aromatic N) is 24. The number of anilines is 9. The highest BCUT2D eigenvalue weighted by molar-refractivity contribution is 6.37. The molecule has 0 aliphatic heterocycles. The summed E-state index contributed by atoms with van der Waals surface area (Å²) in [6.45, 7) is 12.1. The largest absolute Gasteiger partial charge is 0.384 e. The van der Waals surface area contributed by atoms with Crippen molar-refractivity contribution in [1.29, 1.82) is 21.0 Å². The van der Waals surface area contributed by atoms with Crippen molar-refractivity contribution in [2.45, 2.75) is 98.3 Å². The predicted molar refractivity (Wildman–Crippen MR) is 498 cm³/mol. The van der Waals surface area contributed by atoms with E-state index in [1.807, 2.05) is 32.1 Å². The van der Waals surface area contributed by atoms with Gasteiger partial charge in [0, 0.05) is 18.5 Å². The zero-order chi connectivity index (χ0) is 94.4. The van der Waals surface area contributed by atoms with Crippen LogP contribution in [-0.4, -0.2) is 98.0 Å². The summed E-state index contributed by atoms with van der Waals surface area (Å²) >= 11 is 31.7. The molecule has 0 spiro atoms. The Morgan fingerprint density at radius 2 is 0.879 bits per heavy atom. The minimum atomic E-state index is -0.829. The van der Waals surface area contributed by atoms with E-state index in [1.54, 1.807) is 138 Å². The van der Waals surface area contributed by atoms with E-state index in [-0.39, 0.29) is 134 Å². The van der Waals surface area contributed by atoms with Crippen LogP contribution in [-0.2, 0) is 0 Å². The van der Waals surface area contributed by atoms with Crippen molar-refractivity contribution in [3.63, 3.8) is 0 Å². The highest BCUT2D eigenvalue weighted by atomic mass is 35.5. The van der Waals surface area contributed by atoms with Gasteiger partial charge in [0.05, 0.1) is 142 Å². The van der Waals surface area contributed by atoms with E-state index in [1.165, 1.54) is 38.2 Å². The van der Waals surface area contributed by atoms with Crippen LogP contribution in [0.1, 0.15) is 139 Å². The summed E-state index contributed by atoms with van der Waals surface area (Å²) in [5.74, 6) is 3.11. The topological polar surface area (TPSA) is 568 Å². The van der Waals surface area contributed by atoms with E-state index in [4.69, 9.17) is 102 Å². The molecule has 0 unspecified atom stereocenters. The molecule has 17 rings (SSSR count). The minimum absolute atomic E-state index is 0.000191. The normalized spacial score (nSPS) is 12.4. The molecular formula is C88H72Cl5F2N33O4. The van der Waals surface area contributed by atoms with Gasteiger partial charge in [0.25, 0.3) is 22.2 Å². The molecule has 14 N–H and O–H groups in total. The molecule has 132 heavy (non-hydrogen) atoms. The van der Waals surface area contributed by atoms with Gasteiger partial charge in [-0.25, -0.2) is 73.6 Å². The van der Waals surface area contributed by atoms with Crippen LogP contribution in [0.25, 0.3) is 66.4 Å². The molecule has 0 bridgehead atoms. The minimum Gasteiger partial charge on any atom is -0.384 e. The van der Waals surface area contributed by atoms with Gasteiger partial charge in [-0.1, -0.05) is 84.0 Å². The maximum absolute atomic E-state index is 14.6. The maximum Gasteiger partial charge on any atom is 0.267 e. The van der Waals surface area contributed by atoms with E-state index in [0.29, 0.717) is 109 Å². The van der Waals surface area contributed by atoms with Crippen molar-refractivity contribution in [2.24, 2.45) is 5.92 Å². The number of hydrogen-bond acceptors (Lipinski definition) is 33. The van der Waals surface area contributed by atoms with Gasteiger partial charge < -0.3 is 49.9 Å². The first-order chi connectivity index (χ1) is 63.4. The molecule has 44 heteroatoms. The first kappa shape index (κ1) is 92.0. The molecule has 37 nitrogen and oxygen atoms in total. The highest BCUT2D eigenvalue weighted by Crippen LogP contribution is 2.45. The number of aromatic nitrogens is 20. The zero-order valence-corrected chi connectivity index (χ0v) is 74.2. The molecule has 0 amide bonds. The van der Waals surface area contributed by atoms with Crippen LogP contribution in [0.3, 0.4) is 0 Å². The third kappa shape index (κ3) is 18.9. The molecular weight excluding hydrogens is 1800 g/mol. The first-order valence-electron chi connectivity index (χ1n) is 40.0. The predicted octanol–water partition coefficient (Wildman–Crippen LogP) is 14.3. The van der Waals surface area contributed by atoms with Gasteiger partial charge in [0.15, 0.2) is 23.3 Å². The molecule has 1 fully saturated rings. The number of fused-ring (bicyclic) bond motifs is 4. The van der Waals surface area contributed by atoms with Crippen molar-refractivity contribution in [3.8, 4) is 47.0 Å². The second-order valence-corrected chi connectivity index (χ2v) is 31.5. The number of nitrogens with one attached hydrogen (secondary N) is 4. The molecule has 1 saturated carbocycles. The van der Waals surface area contributed by atoms with Crippen LogP contribution in [0.2, 0.25) is 25.1 Å². The van der Waals surface area contributed by atoms with Crippen LogP contribution in [0.5, 0.6) is 0 Å². The fourth-order valence-corrected chi connectivity index (χ4v) is 15.4. The van der Waals surface area contributed by atoms with Crippen molar-refractivity contribution in [2.75, 3.05) is 49.9 Å². The van der Waals surface area contributed by atoms with Crippen LogP contribution < -0.4 is 72.2 Å². The van der Waals surface area contributed by atoms with Crippen LogP contribution >= 0.6 is 58.0 Å². The summed E-state index contributed by atoms with van der Waals surface area (Å²) in [5.41, 5.74) is 30.5. The lowest BCUT2D eigenvalue weighted by Crippen LogP contribution is -2.30. The summed E-state index contributed by atoms with van der Waals surface area (Å²) in [6.07, 6.45) is 13.0. The molecule has 0 radical (unpaired) electrons. The number of halogens is 7. The summed E-state index contributed by atoms with van der Waals surface area (Å²) in [5, 5.41) is 52.6. The number of rotatable bonds is 19. The molecule has 4 atom stereocenters. The van der Waals surface area contributed by atoms with Crippen LogP contribution in [0, 0.1) is 90.6 Å². The summed E-state index contributed by atoms with van der Waals surface area (Å²) in [7, 11) is 0. The number of nitrogen functional groups attached to an aromatic ring is 5. The van der Waals surface area contributed by atoms with Crippen LogP contribution in [0.15, 0.2) is 166 Å². The number of pyridine rings is 4. The quantitative estimate of drug-likeness (QED) is 0.0363. The third-order valence-corrected chi connectivity index (χ3v) is 22.2. The van der Waals surface area contributed by atoms with Gasteiger partial charge >= 0.3 is 0 Å². The zero-order valence-electron chi connectivity index (χ0n) is 70.5. The number of nitriles is 4. The monoisotopic (exact) mass is 1870 g/mol. The maximum atomic E-state index is 14.6. The number of hydrogen-bond donors (Lipinski definition) is 9. The van der Waals surface area contributed by atoms with Crippen LogP contribution in [0.4, 0.5) is 61.1 Å². The molecule has 1 aliphatic rings. The second kappa shape index (κ2) is 39.2.